The van der Waals surface area contributed by atoms with Crippen LogP contribution in [0.5, 0.6) is 0 Å². The molecule has 2 fully saturated rings. The van der Waals surface area contributed by atoms with Crippen LogP contribution in [0.2, 0.25) is 0 Å². The van der Waals surface area contributed by atoms with Crippen LogP contribution < -0.4 is 15.5 Å². The number of benzene rings is 1. The van der Waals surface area contributed by atoms with Gasteiger partial charge in [-0.1, -0.05) is 12.1 Å². The molecule has 164 valence electrons. The highest BCUT2D eigenvalue weighted by atomic mass is 16.5. The fraction of sp³-hybridized carbons (Fsp3) is 0.435. The van der Waals surface area contributed by atoms with Crippen LogP contribution in [-0.2, 0) is 9.47 Å². The van der Waals surface area contributed by atoms with Crippen molar-refractivity contribution < 1.29 is 9.47 Å². The Morgan fingerprint density at radius 2 is 1.84 bits per heavy atom. The van der Waals surface area contributed by atoms with Crippen molar-refractivity contribution in [1.82, 2.24) is 20.3 Å². The van der Waals surface area contributed by atoms with Gasteiger partial charge in [0, 0.05) is 56.9 Å². The van der Waals surface area contributed by atoms with Crippen molar-refractivity contribution in [1.29, 1.82) is 0 Å². The van der Waals surface area contributed by atoms with Crippen molar-refractivity contribution in [2.24, 2.45) is 0 Å². The molecule has 0 amide bonds. The molecule has 1 unspecified atom stereocenters. The summed E-state index contributed by atoms with van der Waals surface area (Å²) < 4.78 is 10.6. The molecule has 2 aliphatic rings. The van der Waals surface area contributed by atoms with E-state index in [0.717, 1.165) is 74.1 Å². The lowest BCUT2D eigenvalue weighted by Crippen LogP contribution is -2.41. The Bertz CT molecular complexity index is 966. The molecule has 8 heteroatoms. The van der Waals surface area contributed by atoms with Crippen molar-refractivity contribution >= 4 is 22.5 Å². The minimum Gasteiger partial charge on any atom is -0.379 e. The maximum atomic E-state index is 5.62. The maximum absolute atomic E-state index is 5.62. The molecule has 2 saturated heterocycles. The molecular formula is C23H30N6O2. The fourth-order valence-electron chi connectivity index (χ4n) is 3.71. The summed E-state index contributed by atoms with van der Waals surface area (Å²) in [6.07, 6.45) is 3.66. The number of pyridine rings is 1. The minimum absolute atomic E-state index is 0.271. The molecule has 31 heavy (non-hydrogen) atoms. The van der Waals surface area contributed by atoms with Crippen molar-refractivity contribution in [2.45, 2.75) is 13.0 Å². The van der Waals surface area contributed by atoms with Crippen molar-refractivity contribution in [2.75, 3.05) is 63.3 Å². The summed E-state index contributed by atoms with van der Waals surface area (Å²) in [5.41, 5.74) is 4.79. The van der Waals surface area contributed by atoms with Gasteiger partial charge in [-0.05, 0) is 25.1 Å². The van der Waals surface area contributed by atoms with Gasteiger partial charge in [-0.3, -0.25) is 4.98 Å². The molecule has 1 atom stereocenters. The van der Waals surface area contributed by atoms with E-state index in [2.05, 4.69) is 56.7 Å². The average Bonchev–Trinajstić information content (AvgIpc) is 2.85. The van der Waals surface area contributed by atoms with Crippen LogP contribution in [-0.4, -0.2) is 74.1 Å². The highest BCUT2D eigenvalue weighted by Crippen LogP contribution is 2.27. The standard InChI is InChI=1S/C19H21N5O.C4H9NO/c1-13-12-24(9-10-25-13)15-5-3-14(4-6-15)16-11-17-18(19(20-2)23-16)22-8-7-21-17;1-3-6-4-2-5-1/h3-8,11,13H,9-10,12H2,1-2H3,(H,20,23);5H,1-4H2. The Morgan fingerprint density at radius 3 is 2.48 bits per heavy atom. The second-order valence-electron chi connectivity index (χ2n) is 7.57. The van der Waals surface area contributed by atoms with Gasteiger partial charge in [0.15, 0.2) is 5.82 Å². The lowest BCUT2D eigenvalue weighted by Gasteiger charge is -2.33. The average molecular weight is 423 g/mol. The Balaban J connectivity index is 0.000000334. The normalized spacial score (nSPS) is 18.9. The van der Waals surface area contributed by atoms with Gasteiger partial charge in [-0.25, -0.2) is 9.97 Å². The first kappa shape index (κ1) is 21.4. The largest absolute Gasteiger partial charge is 0.379 e. The van der Waals surface area contributed by atoms with E-state index in [9.17, 15) is 0 Å². The number of morpholine rings is 2. The molecule has 8 nitrogen and oxygen atoms in total. The van der Waals surface area contributed by atoms with E-state index in [1.54, 1.807) is 12.4 Å². The molecular weight excluding hydrogens is 392 g/mol. The molecule has 4 heterocycles. The zero-order valence-electron chi connectivity index (χ0n) is 18.2. The van der Waals surface area contributed by atoms with Crippen LogP contribution in [0.3, 0.4) is 0 Å². The Morgan fingerprint density at radius 1 is 1.06 bits per heavy atom. The summed E-state index contributed by atoms with van der Waals surface area (Å²) in [5, 5.41) is 6.27. The Labute approximate surface area is 183 Å². The summed E-state index contributed by atoms with van der Waals surface area (Å²) in [5.74, 6) is 0.742. The number of fused-ring (bicyclic) bond motifs is 1. The SMILES string of the molecule is C1COCCN1.CNc1nc(-c2ccc(N3CCOC(C)C3)cc2)cc2nccnc12. The molecule has 2 aromatic heterocycles. The van der Waals surface area contributed by atoms with E-state index < -0.39 is 0 Å². The highest BCUT2D eigenvalue weighted by Gasteiger charge is 2.17. The molecule has 0 aliphatic carbocycles. The molecule has 2 N–H and O–H groups in total. The van der Waals surface area contributed by atoms with Gasteiger partial charge >= 0.3 is 0 Å². The first-order valence-corrected chi connectivity index (χ1v) is 10.8. The third kappa shape index (κ3) is 5.46. The number of hydrogen-bond acceptors (Lipinski definition) is 8. The summed E-state index contributed by atoms with van der Waals surface area (Å²) in [6.45, 7) is 8.57. The van der Waals surface area contributed by atoms with Crippen molar-refractivity contribution in [3.8, 4) is 11.3 Å². The molecule has 5 rings (SSSR count). The highest BCUT2D eigenvalue weighted by molar-refractivity contribution is 5.88. The van der Waals surface area contributed by atoms with Crippen LogP contribution in [0.25, 0.3) is 22.3 Å². The van der Waals surface area contributed by atoms with E-state index in [4.69, 9.17) is 14.5 Å². The number of anilines is 2. The Kier molecular flexibility index (Phi) is 7.24. The van der Waals surface area contributed by atoms with Gasteiger partial charge in [0.05, 0.1) is 37.1 Å². The number of rotatable bonds is 3. The third-order valence-corrected chi connectivity index (χ3v) is 5.31. The molecule has 0 radical (unpaired) electrons. The zero-order valence-corrected chi connectivity index (χ0v) is 18.2. The van der Waals surface area contributed by atoms with Crippen molar-refractivity contribution in [3.63, 3.8) is 0 Å². The van der Waals surface area contributed by atoms with E-state index >= 15 is 0 Å². The van der Waals surface area contributed by atoms with Crippen LogP contribution >= 0.6 is 0 Å². The first-order valence-electron chi connectivity index (χ1n) is 10.8. The first-order chi connectivity index (χ1) is 15.2. The van der Waals surface area contributed by atoms with Crippen LogP contribution in [0.4, 0.5) is 11.5 Å². The molecule has 0 bridgehead atoms. The number of aromatic nitrogens is 3. The molecule has 0 saturated carbocycles. The van der Waals surface area contributed by atoms with E-state index in [-0.39, 0.29) is 6.10 Å². The van der Waals surface area contributed by atoms with Crippen LogP contribution in [0.15, 0.2) is 42.7 Å². The number of ether oxygens (including phenoxy) is 2. The molecule has 3 aromatic rings. The van der Waals surface area contributed by atoms with E-state index in [1.165, 1.54) is 5.69 Å². The maximum Gasteiger partial charge on any atom is 0.154 e. The summed E-state index contributed by atoms with van der Waals surface area (Å²) in [4.78, 5) is 15.8. The second-order valence-corrected chi connectivity index (χ2v) is 7.57. The van der Waals surface area contributed by atoms with Crippen LogP contribution in [0.1, 0.15) is 6.92 Å². The predicted molar refractivity (Wildman–Crippen MR) is 124 cm³/mol. The summed E-state index contributed by atoms with van der Waals surface area (Å²) >= 11 is 0. The van der Waals surface area contributed by atoms with Crippen LogP contribution in [0, 0.1) is 0 Å². The van der Waals surface area contributed by atoms with Gasteiger partial charge < -0.3 is 25.0 Å². The molecule has 1 aromatic carbocycles. The van der Waals surface area contributed by atoms with Gasteiger partial charge in [0.25, 0.3) is 0 Å². The third-order valence-electron chi connectivity index (χ3n) is 5.31. The van der Waals surface area contributed by atoms with Gasteiger partial charge in [-0.2, -0.15) is 0 Å². The second kappa shape index (κ2) is 10.5. The fourth-order valence-corrected chi connectivity index (χ4v) is 3.71. The topological polar surface area (TPSA) is 84.4 Å². The number of hydrogen-bond donors (Lipinski definition) is 2. The van der Waals surface area contributed by atoms with E-state index in [0.29, 0.717) is 0 Å². The lowest BCUT2D eigenvalue weighted by atomic mass is 10.1. The minimum atomic E-state index is 0.271. The van der Waals surface area contributed by atoms with Crippen molar-refractivity contribution in [3.05, 3.63) is 42.7 Å². The quantitative estimate of drug-likeness (QED) is 0.666. The zero-order chi connectivity index (χ0) is 21.5. The molecule has 2 aliphatic heterocycles. The predicted octanol–water partition coefficient (Wildman–Crippen LogP) is 2.56. The van der Waals surface area contributed by atoms with Gasteiger partial charge in [0.2, 0.25) is 0 Å². The summed E-state index contributed by atoms with van der Waals surface area (Å²) in [7, 11) is 1.85. The number of nitrogens with zero attached hydrogens (tertiary/aromatic N) is 4. The lowest BCUT2D eigenvalue weighted by molar-refractivity contribution is 0.0532. The monoisotopic (exact) mass is 422 g/mol. The molecule has 0 spiro atoms. The Hall–Kier alpha value is -2.81. The summed E-state index contributed by atoms with van der Waals surface area (Å²) in [6, 6.07) is 10.5. The smallest absolute Gasteiger partial charge is 0.154 e. The van der Waals surface area contributed by atoms with Gasteiger partial charge in [0.1, 0.15) is 5.52 Å². The number of nitrogens with one attached hydrogen (secondary N) is 2. The van der Waals surface area contributed by atoms with Gasteiger partial charge in [-0.15, -0.1) is 0 Å². The van der Waals surface area contributed by atoms with E-state index in [1.807, 2.05) is 13.1 Å².